The molecule has 2 amide bonds. The molecule has 3 rings (SSSR count). The summed E-state index contributed by atoms with van der Waals surface area (Å²) in [5.41, 5.74) is 4.10. The van der Waals surface area contributed by atoms with Crippen molar-refractivity contribution in [3.05, 3.63) is 28.8 Å². The van der Waals surface area contributed by atoms with Gasteiger partial charge >= 0.3 is 0 Å². The quantitative estimate of drug-likeness (QED) is 0.917. The van der Waals surface area contributed by atoms with E-state index in [0.717, 1.165) is 29.7 Å². The third-order valence-corrected chi connectivity index (χ3v) is 5.42. The second-order valence-electron chi connectivity index (χ2n) is 7.81. The van der Waals surface area contributed by atoms with Gasteiger partial charge in [0.1, 0.15) is 0 Å². The van der Waals surface area contributed by atoms with Crippen LogP contribution in [0.5, 0.6) is 0 Å². The lowest BCUT2D eigenvalue weighted by Gasteiger charge is -2.35. The molecule has 1 N–H and O–H groups in total. The second kappa shape index (κ2) is 6.79. The highest BCUT2D eigenvalue weighted by Crippen LogP contribution is 2.32. The summed E-state index contributed by atoms with van der Waals surface area (Å²) in [4.78, 5) is 27.1. The summed E-state index contributed by atoms with van der Waals surface area (Å²) in [7, 11) is 0. The van der Waals surface area contributed by atoms with Gasteiger partial charge in [-0.15, -0.1) is 0 Å². The molecule has 2 heterocycles. The standard InChI is InChI=1S/C20H28N2O3/c1-13-9-14(2)18(15(3)10-13)22-12-16(11-17(22)23)19(24)21-20(4)5-7-25-8-6-20/h9-10,16H,5-8,11-12H2,1-4H3,(H,21,24)/t16-/m0/s1. The van der Waals surface area contributed by atoms with E-state index in [1.54, 1.807) is 4.90 Å². The van der Waals surface area contributed by atoms with E-state index in [9.17, 15) is 9.59 Å². The lowest BCUT2D eigenvalue weighted by atomic mass is 9.91. The zero-order valence-electron chi connectivity index (χ0n) is 15.6. The minimum Gasteiger partial charge on any atom is -0.381 e. The van der Waals surface area contributed by atoms with E-state index in [2.05, 4.69) is 31.3 Å². The van der Waals surface area contributed by atoms with E-state index in [1.807, 2.05) is 13.8 Å². The van der Waals surface area contributed by atoms with E-state index in [1.165, 1.54) is 5.56 Å². The Morgan fingerprint density at radius 1 is 1.20 bits per heavy atom. The van der Waals surface area contributed by atoms with Crippen molar-refractivity contribution in [1.29, 1.82) is 0 Å². The van der Waals surface area contributed by atoms with Gasteiger partial charge in [0.15, 0.2) is 0 Å². The third kappa shape index (κ3) is 3.71. The van der Waals surface area contributed by atoms with Crippen LogP contribution in [0.4, 0.5) is 5.69 Å². The molecule has 0 aromatic heterocycles. The second-order valence-corrected chi connectivity index (χ2v) is 7.81. The van der Waals surface area contributed by atoms with Gasteiger partial charge in [-0.25, -0.2) is 0 Å². The third-order valence-electron chi connectivity index (χ3n) is 5.42. The van der Waals surface area contributed by atoms with Crippen LogP contribution in [0, 0.1) is 26.7 Å². The summed E-state index contributed by atoms with van der Waals surface area (Å²) < 4.78 is 5.39. The van der Waals surface area contributed by atoms with E-state index in [0.29, 0.717) is 19.8 Å². The SMILES string of the molecule is Cc1cc(C)c(N2C[C@@H](C(=O)NC3(C)CCOCC3)CC2=O)c(C)c1. The monoisotopic (exact) mass is 344 g/mol. The highest BCUT2D eigenvalue weighted by atomic mass is 16.5. The van der Waals surface area contributed by atoms with Crippen LogP contribution in [-0.4, -0.2) is 37.1 Å². The maximum Gasteiger partial charge on any atom is 0.227 e. The molecule has 2 aliphatic heterocycles. The van der Waals surface area contributed by atoms with Gasteiger partial charge in [-0.2, -0.15) is 0 Å². The number of amides is 2. The first-order valence-corrected chi connectivity index (χ1v) is 9.07. The minimum absolute atomic E-state index is 0.0114. The maximum absolute atomic E-state index is 12.7. The zero-order chi connectivity index (χ0) is 18.2. The predicted molar refractivity (Wildman–Crippen MR) is 97.7 cm³/mol. The molecule has 0 bridgehead atoms. The zero-order valence-corrected chi connectivity index (χ0v) is 15.6. The molecular weight excluding hydrogens is 316 g/mol. The number of carbonyl (C=O) groups excluding carboxylic acids is 2. The van der Waals surface area contributed by atoms with Gasteiger partial charge in [-0.05, 0) is 51.7 Å². The Bertz CT molecular complexity index is 669. The fourth-order valence-electron chi connectivity index (χ4n) is 4.04. The molecule has 0 spiro atoms. The number of hydrogen-bond acceptors (Lipinski definition) is 3. The molecule has 1 aromatic rings. The van der Waals surface area contributed by atoms with Crippen molar-refractivity contribution >= 4 is 17.5 Å². The molecule has 2 saturated heterocycles. The number of anilines is 1. The van der Waals surface area contributed by atoms with Gasteiger partial charge in [0.05, 0.1) is 5.92 Å². The smallest absolute Gasteiger partial charge is 0.227 e. The summed E-state index contributed by atoms with van der Waals surface area (Å²) in [6, 6.07) is 4.18. The van der Waals surface area contributed by atoms with Crippen LogP contribution in [0.15, 0.2) is 12.1 Å². The molecule has 2 fully saturated rings. The number of aryl methyl sites for hydroxylation is 3. The Kier molecular flexibility index (Phi) is 4.87. The van der Waals surface area contributed by atoms with Crippen molar-refractivity contribution < 1.29 is 14.3 Å². The van der Waals surface area contributed by atoms with Crippen LogP contribution in [0.25, 0.3) is 0 Å². The molecule has 0 saturated carbocycles. The average molecular weight is 344 g/mol. The molecular formula is C20H28N2O3. The number of hydrogen-bond donors (Lipinski definition) is 1. The summed E-state index contributed by atoms with van der Waals surface area (Å²) in [5, 5.41) is 3.17. The van der Waals surface area contributed by atoms with Gasteiger partial charge in [0, 0.05) is 37.4 Å². The lowest BCUT2D eigenvalue weighted by Crippen LogP contribution is -2.51. The Hall–Kier alpha value is -1.88. The van der Waals surface area contributed by atoms with Crippen molar-refractivity contribution in [1.82, 2.24) is 5.32 Å². The first-order chi connectivity index (χ1) is 11.8. The van der Waals surface area contributed by atoms with Crippen molar-refractivity contribution in [3.8, 4) is 0 Å². The summed E-state index contributed by atoms with van der Waals surface area (Å²) >= 11 is 0. The van der Waals surface area contributed by atoms with E-state index < -0.39 is 0 Å². The number of carbonyl (C=O) groups is 2. The molecule has 0 aliphatic carbocycles. The number of rotatable bonds is 3. The Labute approximate surface area is 149 Å². The first kappa shape index (κ1) is 17.9. The largest absolute Gasteiger partial charge is 0.381 e. The van der Waals surface area contributed by atoms with Crippen LogP contribution in [-0.2, 0) is 14.3 Å². The highest BCUT2D eigenvalue weighted by molar-refractivity contribution is 6.01. The highest BCUT2D eigenvalue weighted by Gasteiger charge is 2.39. The van der Waals surface area contributed by atoms with Gasteiger partial charge in [0.2, 0.25) is 11.8 Å². The number of nitrogens with one attached hydrogen (secondary N) is 1. The Morgan fingerprint density at radius 3 is 2.40 bits per heavy atom. The van der Waals surface area contributed by atoms with Gasteiger partial charge in [0.25, 0.3) is 0 Å². The Balaban J connectivity index is 1.73. The fraction of sp³-hybridized carbons (Fsp3) is 0.600. The molecule has 2 aliphatic rings. The molecule has 5 nitrogen and oxygen atoms in total. The lowest BCUT2D eigenvalue weighted by molar-refractivity contribution is -0.128. The minimum atomic E-state index is -0.285. The van der Waals surface area contributed by atoms with Crippen LogP contribution >= 0.6 is 0 Å². The number of benzene rings is 1. The van der Waals surface area contributed by atoms with Crippen LogP contribution in [0.3, 0.4) is 0 Å². The van der Waals surface area contributed by atoms with E-state index in [4.69, 9.17) is 4.74 Å². The molecule has 1 aromatic carbocycles. The van der Waals surface area contributed by atoms with Gasteiger partial charge < -0.3 is 15.0 Å². The molecule has 0 unspecified atom stereocenters. The maximum atomic E-state index is 12.7. The normalized spacial score (nSPS) is 23.0. The number of ether oxygens (including phenoxy) is 1. The van der Waals surface area contributed by atoms with E-state index >= 15 is 0 Å². The average Bonchev–Trinajstić information content (AvgIpc) is 2.88. The Morgan fingerprint density at radius 2 is 1.80 bits per heavy atom. The summed E-state index contributed by atoms with van der Waals surface area (Å²) in [6.45, 7) is 9.99. The van der Waals surface area contributed by atoms with E-state index in [-0.39, 0.29) is 29.7 Å². The summed E-state index contributed by atoms with van der Waals surface area (Å²) in [6.07, 6.45) is 1.92. The molecule has 25 heavy (non-hydrogen) atoms. The summed E-state index contributed by atoms with van der Waals surface area (Å²) in [5.74, 6) is -0.262. The van der Waals surface area contributed by atoms with Crippen molar-refractivity contribution in [2.75, 3.05) is 24.7 Å². The van der Waals surface area contributed by atoms with Gasteiger partial charge in [-0.3, -0.25) is 9.59 Å². The van der Waals surface area contributed by atoms with Crippen molar-refractivity contribution in [2.24, 2.45) is 5.92 Å². The first-order valence-electron chi connectivity index (χ1n) is 9.07. The van der Waals surface area contributed by atoms with Crippen molar-refractivity contribution in [2.45, 2.75) is 52.5 Å². The molecule has 1 atom stereocenters. The van der Waals surface area contributed by atoms with Crippen molar-refractivity contribution in [3.63, 3.8) is 0 Å². The fourth-order valence-corrected chi connectivity index (χ4v) is 4.04. The molecule has 5 heteroatoms. The molecule has 0 radical (unpaired) electrons. The predicted octanol–water partition coefficient (Wildman–Crippen LogP) is 2.65. The molecule has 136 valence electrons. The van der Waals surface area contributed by atoms with Gasteiger partial charge in [-0.1, -0.05) is 17.7 Å². The van der Waals surface area contributed by atoms with Crippen LogP contribution in [0.1, 0.15) is 42.9 Å². The van der Waals surface area contributed by atoms with Crippen LogP contribution in [0.2, 0.25) is 0 Å². The van der Waals surface area contributed by atoms with Crippen LogP contribution < -0.4 is 10.2 Å². The number of nitrogens with zero attached hydrogens (tertiary/aromatic N) is 1. The topological polar surface area (TPSA) is 58.6 Å².